The molecule has 1 aliphatic rings. The second-order valence-corrected chi connectivity index (χ2v) is 12.2. The van der Waals surface area contributed by atoms with E-state index in [4.69, 9.17) is 16.3 Å². The predicted molar refractivity (Wildman–Crippen MR) is 155 cm³/mol. The summed E-state index contributed by atoms with van der Waals surface area (Å²) >= 11 is 7.87. The Balaban J connectivity index is 1.32. The lowest BCUT2D eigenvalue weighted by atomic mass is 9.71. The third-order valence-corrected chi connectivity index (χ3v) is 9.22. The van der Waals surface area contributed by atoms with Gasteiger partial charge in [0.05, 0.1) is 35.7 Å². The van der Waals surface area contributed by atoms with Crippen LogP contribution in [-0.2, 0) is 11.0 Å². The van der Waals surface area contributed by atoms with E-state index in [0.29, 0.717) is 63.6 Å². The Morgan fingerprint density at radius 1 is 1.22 bits per heavy atom. The number of piperidine rings is 1. The highest BCUT2D eigenvalue weighted by atomic mass is 35.5. The zero-order valence-corrected chi connectivity index (χ0v) is 24.4. The van der Waals surface area contributed by atoms with Crippen LogP contribution in [0.3, 0.4) is 0 Å². The second kappa shape index (κ2) is 13.6. The van der Waals surface area contributed by atoms with Gasteiger partial charge in [-0.1, -0.05) is 17.7 Å². The third-order valence-electron chi connectivity index (χ3n) is 7.84. The Hall–Kier alpha value is -2.53. The van der Waals surface area contributed by atoms with Crippen molar-refractivity contribution in [1.82, 2.24) is 9.88 Å². The van der Waals surface area contributed by atoms with Crippen LogP contribution < -0.4 is 4.74 Å². The molecule has 6 nitrogen and oxygen atoms in total. The fourth-order valence-corrected chi connectivity index (χ4v) is 6.72. The Morgan fingerprint density at radius 3 is 2.66 bits per heavy atom. The normalized spacial score (nSPS) is 16.5. The van der Waals surface area contributed by atoms with Crippen LogP contribution in [0.15, 0.2) is 53.6 Å². The van der Waals surface area contributed by atoms with Crippen molar-refractivity contribution in [2.75, 3.05) is 32.5 Å². The molecule has 1 atom stereocenters. The lowest BCUT2D eigenvalue weighted by molar-refractivity contribution is -0.141. The number of aromatic nitrogens is 1. The number of fused-ring (bicyclic) bond motifs is 1. The van der Waals surface area contributed by atoms with Crippen molar-refractivity contribution in [3.63, 3.8) is 0 Å². The summed E-state index contributed by atoms with van der Waals surface area (Å²) in [5, 5.41) is 22.0. The maximum absolute atomic E-state index is 13.0. The van der Waals surface area contributed by atoms with E-state index in [1.165, 1.54) is 30.1 Å². The fourth-order valence-electron chi connectivity index (χ4n) is 5.55. The molecule has 0 bridgehead atoms. The quantitative estimate of drug-likeness (QED) is 0.163. The molecule has 3 aromatic rings. The summed E-state index contributed by atoms with van der Waals surface area (Å²) in [6.07, 6.45) is -0.630. The molecule has 1 fully saturated rings. The van der Waals surface area contributed by atoms with E-state index in [0.717, 1.165) is 32.1 Å². The number of hydrogen-bond donors (Lipinski definition) is 2. The van der Waals surface area contributed by atoms with Crippen LogP contribution >= 0.6 is 23.4 Å². The average molecular weight is 611 g/mol. The summed E-state index contributed by atoms with van der Waals surface area (Å²) in [5.41, 5.74) is 0.168. The number of thioether (sulfide) groups is 1. The number of carboxylic acids is 1. The molecule has 4 rings (SSSR count). The van der Waals surface area contributed by atoms with Crippen molar-refractivity contribution in [2.24, 2.45) is 5.41 Å². The molecule has 1 unspecified atom stereocenters. The number of aliphatic hydroxyl groups is 1. The van der Waals surface area contributed by atoms with Gasteiger partial charge in [-0.15, -0.1) is 11.8 Å². The molecule has 222 valence electrons. The van der Waals surface area contributed by atoms with Gasteiger partial charge in [0.25, 0.3) is 0 Å². The van der Waals surface area contributed by atoms with Crippen LogP contribution in [0.1, 0.15) is 55.8 Å². The highest BCUT2D eigenvalue weighted by Crippen LogP contribution is 2.43. The first-order valence-electron chi connectivity index (χ1n) is 13.5. The van der Waals surface area contributed by atoms with Crippen LogP contribution in [0.2, 0.25) is 5.02 Å². The maximum atomic E-state index is 13.0. The number of benzene rings is 2. The molecule has 11 heteroatoms. The van der Waals surface area contributed by atoms with Gasteiger partial charge >= 0.3 is 12.1 Å². The SMILES string of the molecule is COc1ccc2ncc(Cl)c(C(O)CCC3(CC(=O)O)CCN(CCCSc4cccc(C(F)(F)F)c4)CC3)c2c1. The Morgan fingerprint density at radius 2 is 1.98 bits per heavy atom. The van der Waals surface area contributed by atoms with E-state index in [9.17, 15) is 28.2 Å². The molecule has 0 amide bonds. The monoisotopic (exact) mass is 610 g/mol. The van der Waals surface area contributed by atoms with Gasteiger partial charge in [0.15, 0.2) is 0 Å². The van der Waals surface area contributed by atoms with Crippen molar-refractivity contribution in [2.45, 2.75) is 55.7 Å². The van der Waals surface area contributed by atoms with E-state index in [-0.39, 0.29) is 6.42 Å². The maximum Gasteiger partial charge on any atom is 0.416 e. The summed E-state index contributed by atoms with van der Waals surface area (Å²) < 4.78 is 44.2. The standard InChI is InChI=1S/C30H34ClF3N2O4S/c1-40-21-6-7-25-23(17-21)28(24(31)19-35-25)26(37)8-9-29(18-27(38)39)10-13-36(14-11-29)12-3-15-41-22-5-2-4-20(16-22)30(32,33)34/h2,4-7,16-17,19,26,37H,3,8-15,18H2,1H3,(H,38,39). The zero-order valence-electron chi connectivity index (χ0n) is 22.8. The first kappa shape index (κ1) is 31.4. The number of hydrogen-bond acceptors (Lipinski definition) is 6. The van der Waals surface area contributed by atoms with Gasteiger partial charge in [0.1, 0.15) is 5.75 Å². The summed E-state index contributed by atoms with van der Waals surface area (Å²) in [5.74, 6) is 0.455. The molecule has 1 aliphatic heterocycles. The molecule has 2 heterocycles. The molecule has 2 aromatic carbocycles. The van der Waals surface area contributed by atoms with E-state index < -0.39 is 29.2 Å². The number of nitrogens with zero attached hydrogens (tertiary/aromatic N) is 2. The van der Waals surface area contributed by atoms with Gasteiger partial charge in [-0.3, -0.25) is 9.78 Å². The second-order valence-electron chi connectivity index (χ2n) is 10.6. The molecular weight excluding hydrogens is 577 g/mol. The molecular formula is C30H34ClF3N2O4S. The largest absolute Gasteiger partial charge is 0.497 e. The predicted octanol–water partition coefficient (Wildman–Crippen LogP) is 7.47. The Bertz CT molecular complexity index is 1350. The van der Waals surface area contributed by atoms with Gasteiger partial charge in [-0.2, -0.15) is 13.2 Å². The molecule has 1 aromatic heterocycles. The molecule has 0 aliphatic carbocycles. The number of methoxy groups -OCH3 is 1. The number of alkyl halides is 3. The van der Waals surface area contributed by atoms with Gasteiger partial charge in [0.2, 0.25) is 0 Å². The smallest absolute Gasteiger partial charge is 0.416 e. The topological polar surface area (TPSA) is 82.9 Å². The molecule has 41 heavy (non-hydrogen) atoms. The van der Waals surface area contributed by atoms with E-state index in [2.05, 4.69) is 9.88 Å². The van der Waals surface area contributed by atoms with Gasteiger partial charge < -0.3 is 19.8 Å². The lowest BCUT2D eigenvalue weighted by Crippen LogP contribution is -2.41. The number of rotatable bonds is 12. The van der Waals surface area contributed by atoms with E-state index >= 15 is 0 Å². The Labute approximate surface area is 246 Å². The van der Waals surface area contributed by atoms with Crippen molar-refractivity contribution in [3.05, 3.63) is 64.8 Å². The molecule has 1 saturated heterocycles. The number of halogens is 4. The summed E-state index contributed by atoms with van der Waals surface area (Å²) in [6.45, 7) is 2.25. The number of carbonyl (C=O) groups is 1. The van der Waals surface area contributed by atoms with Gasteiger partial charge in [-0.05, 0) is 99.3 Å². The highest BCUT2D eigenvalue weighted by Gasteiger charge is 2.37. The minimum absolute atomic E-state index is 0.0254. The van der Waals surface area contributed by atoms with Crippen molar-refractivity contribution < 1.29 is 32.9 Å². The number of carboxylic acid groups (broad SMARTS) is 1. The van der Waals surface area contributed by atoms with Crippen LogP contribution in [0, 0.1) is 5.41 Å². The van der Waals surface area contributed by atoms with E-state index in [1.807, 2.05) is 0 Å². The van der Waals surface area contributed by atoms with Crippen LogP contribution in [0.25, 0.3) is 10.9 Å². The van der Waals surface area contributed by atoms with Crippen molar-refractivity contribution in [1.29, 1.82) is 0 Å². The first-order valence-corrected chi connectivity index (χ1v) is 14.9. The summed E-state index contributed by atoms with van der Waals surface area (Å²) in [4.78, 5) is 19.0. The fraction of sp³-hybridized carbons (Fsp3) is 0.467. The first-order chi connectivity index (χ1) is 19.5. The van der Waals surface area contributed by atoms with Gasteiger partial charge in [-0.25, -0.2) is 0 Å². The number of likely N-dealkylation sites (tertiary alicyclic amines) is 1. The van der Waals surface area contributed by atoms with Crippen LogP contribution in [0.4, 0.5) is 13.2 Å². The minimum Gasteiger partial charge on any atom is -0.497 e. The molecule has 0 saturated carbocycles. The van der Waals surface area contributed by atoms with Gasteiger partial charge in [0, 0.05) is 22.0 Å². The van der Waals surface area contributed by atoms with Crippen molar-refractivity contribution in [3.8, 4) is 5.75 Å². The highest BCUT2D eigenvalue weighted by molar-refractivity contribution is 7.99. The lowest BCUT2D eigenvalue weighted by Gasteiger charge is -2.41. The molecule has 0 spiro atoms. The number of aliphatic hydroxyl groups excluding tert-OH is 1. The third kappa shape index (κ3) is 8.28. The minimum atomic E-state index is -4.35. The number of ether oxygens (including phenoxy) is 1. The Kier molecular flexibility index (Phi) is 10.4. The average Bonchev–Trinajstić information content (AvgIpc) is 2.94. The molecule has 2 N–H and O–H groups in total. The van der Waals surface area contributed by atoms with E-state index in [1.54, 1.807) is 31.4 Å². The van der Waals surface area contributed by atoms with Crippen molar-refractivity contribution >= 4 is 40.2 Å². The zero-order chi connectivity index (χ0) is 29.6. The summed E-state index contributed by atoms with van der Waals surface area (Å²) in [7, 11) is 1.56. The van der Waals surface area contributed by atoms with Crippen LogP contribution in [-0.4, -0.2) is 58.6 Å². The number of pyridine rings is 1. The van der Waals surface area contributed by atoms with Crippen LogP contribution in [0.5, 0.6) is 5.75 Å². The molecule has 0 radical (unpaired) electrons. The number of aliphatic carboxylic acids is 1. The summed E-state index contributed by atoms with van der Waals surface area (Å²) in [6, 6.07) is 10.8.